The van der Waals surface area contributed by atoms with Gasteiger partial charge >= 0.3 is 11.9 Å². The molecule has 4 atom stereocenters. The lowest BCUT2D eigenvalue weighted by Crippen LogP contribution is -2.57. The van der Waals surface area contributed by atoms with Crippen molar-refractivity contribution in [2.24, 2.45) is 22.2 Å². The van der Waals surface area contributed by atoms with Crippen LogP contribution >= 0.6 is 11.8 Å². The highest BCUT2D eigenvalue weighted by Gasteiger charge is 2.30. The fraction of sp³-hybridized carbons (Fsp3) is 0.500. The van der Waals surface area contributed by atoms with E-state index >= 15 is 0 Å². The molecular weight excluding hydrogens is 546 g/mol. The minimum Gasteiger partial charge on any atom is -0.508 e. The first-order chi connectivity index (χ1) is 18.8. The molecule has 1 aromatic carbocycles. The third-order valence-electron chi connectivity index (χ3n) is 5.54. The van der Waals surface area contributed by atoms with Crippen molar-refractivity contribution in [2.75, 3.05) is 18.6 Å². The van der Waals surface area contributed by atoms with Crippen LogP contribution in [0.15, 0.2) is 29.3 Å². The Morgan fingerprint density at radius 3 is 2.02 bits per heavy atom. The van der Waals surface area contributed by atoms with Crippen molar-refractivity contribution in [1.29, 1.82) is 0 Å². The van der Waals surface area contributed by atoms with E-state index in [9.17, 15) is 34.2 Å². The number of carbonyl (C=O) groups excluding carboxylic acids is 3. The number of carboxylic acids is 2. The maximum atomic E-state index is 13.3. The molecule has 15 nitrogen and oxygen atoms in total. The summed E-state index contributed by atoms with van der Waals surface area (Å²) in [5.41, 5.74) is 16.7. The van der Waals surface area contributed by atoms with Crippen molar-refractivity contribution >= 4 is 47.4 Å². The summed E-state index contributed by atoms with van der Waals surface area (Å²) in [5.74, 6) is -4.71. The number of rotatable bonds is 18. The smallest absolute Gasteiger partial charge is 0.326 e. The molecule has 222 valence electrons. The Hall–Kier alpha value is -4.05. The average Bonchev–Trinajstić information content (AvgIpc) is 2.88. The number of phenolic OH excluding ortho intramolecular Hbond substituents is 1. The van der Waals surface area contributed by atoms with Gasteiger partial charge in [-0.15, -0.1) is 0 Å². The molecule has 1 rings (SSSR count). The first-order valence-electron chi connectivity index (χ1n) is 12.3. The number of nitrogens with two attached hydrogens (primary N) is 3. The molecule has 1 aromatic rings. The van der Waals surface area contributed by atoms with Crippen molar-refractivity contribution in [3.63, 3.8) is 0 Å². The van der Waals surface area contributed by atoms with E-state index in [0.29, 0.717) is 11.3 Å². The van der Waals surface area contributed by atoms with Crippen LogP contribution in [0.5, 0.6) is 5.75 Å². The van der Waals surface area contributed by atoms with Crippen LogP contribution in [0.25, 0.3) is 0 Å². The van der Waals surface area contributed by atoms with Crippen LogP contribution in [0.4, 0.5) is 0 Å². The number of hydrogen-bond donors (Lipinski definition) is 9. The molecule has 0 aliphatic heterocycles. The number of aliphatic imine (C=N–C) groups is 1. The van der Waals surface area contributed by atoms with Gasteiger partial charge in [0, 0.05) is 13.0 Å². The van der Waals surface area contributed by atoms with Crippen molar-refractivity contribution in [3.05, 3.63) is 29.8 Å². The number of benzene rings is 1. The van der Waals surface area contributed by atoms with Crippen LogP contribution in [-0.2, 0) is 30.4 Å². The molecule has 0 aromatic heterocycles. The van der Waals surface area contributed by atoms with E-state index in [4.69, 9.17) is 22.3 Å². The zero-order chi connectivity index (χ0) is 30.2. The molecule has 0 spiro atoms. The number of guanidine groups is 1. The third-order valence-corrected chi connectivity index (χ3v) is 6.19. The summed E-state index contributed by atoms with van der Waals surface area (Å²) < 4.78 is 0. The Morgan fingerprint density at radius 2 is 1.48 bits per heavy atom. The highest BCUT2D eigenvalue weighted by atomic mass is 32.2. The van der Waals surface area contributed by atoms with Gasteiger partial charge in [-0.2, -0.15) is 11.8 Å². The molecule has 4 unspecified atom stereocenters. The molecule has 0 aliphatic carbocycles. The number of carbonyl (C=O) groups is 5. The Morgan fingerprint density at radius 1 is 0.900 bits per heavy atom. The number of thioether (sulfide) groups is 1. The van der Waals surface area contributed by atoms with Crippen LogP contribution in [0.2, 0.25) is 0 Å². The zero-order valence-electron chi connectivity index (χ0n) is 22.0. The predicted molar refractivity (Wildman–Crippen MR) is 148 cm³/mol. The topological polar surface area (TPSA) is 273 Å². The van der Waals surface area contributed by atoms with Gasteiger partial charge in [-0.3, -0.25) is 24.2 Å². The second-order valence-corrected chi connectivity index (χ2v) is 9.81. The molecule has 0 heterocycles. The zero-order valence-corrected chi connectivity index (χ0v) is 22.9. The molecular formula is C24H37N7O8S. The van der Waals surface area contributed by atoms with E-state index in [-0.39, 0.29) is 43.9 Å². The summed E-state index contributed by atoms with van der Waals surface area (Å²) in [6.07, 6.45) is 1.50. The lowest BCUT2D eigenvalue weighted by molar-refractivity contribution is -0.142. The Bertz CT molecular complexity index is 1050. The fourth-order valence-electron chi connectivity index (χ4n) is 3.45. The molecule has 16 heteroatoms. The standard InChI is InChI=1S/C24H37N7O8S/c1-40-10-8-16(21(36)30-17(23(38)39)3-2-9-28-24(26)27)29-22(37)18(11-13-4-6-14(32)7-5-13)31-20(35)15(25)12-19(33)34/h4-7,15-18,32H,2-3,8-12,25H2,1H3,(H,29,37)(H,30,36)(H,31,35)(H,33,34)(H,38,39)(H4,26,27,28). The van der Waals surface area contributed by atoms with Gasteiger partial charge < -0.3 is 48.5 Å². The SMILES string of the molecule is CSCCC(NC(=O)C(Cc1ccc(O)cc1)NC(=O)C(N)CC(=O)O)C(=O)NC(CCCN=C(N)N)C(=O)O. The van der Waals surface area contributed by atoms with Gasteiger partial charge in [0.05, 0.1) is 12.5 Å². The third kappa shape index (κ3) is 13.1. The molecule has 0 radical (unpaired) electrons. The largest absolute Gasteiger partial charge is 0.508 e. The van der Waals surface area contributed by atoms with Gasteiger partial charge in [0.15, 0.2) is 5.96 Å². The van der Waals surface area contributed by atoms with E-state index in [1.165, 1.54) is 36.0 Å². The minimum absolute atomic E-state index is 0.0163. The highest BCUT2D eigenvalue weighted by Crippen LogP contribution is 2.12. The highest BCUT2D eigenvalue weighted by molar-refractivity contribution is 7.98. The second-order valence-electron chi connectivity index (χ2n) is 8.83. The first-order valence-corrected chi connectivity index (χ1v) is 13.7. The lowest BCUT2D eigenvalue weighted by atomic mass is 10.0. The number of nitrogens with zero attached hydrogens (tertiary/aromatic N) is 1. The molecule has 3 amide bonds. The minimum atomic E-state index is -1.43. The van der Waals surface area contributed by atoms with Crippen molar-refractivity contribution in [1.82, 2.24) is 16.0 Å². The summed E-state index contributed by atoms with van der Waals surface area (Å²) in [7, 11) is 0. The van der Waals surface area contributed by atoms with Gasteiger partial charge in [-0.25, -0.2) is 4.79 Å². The van der Waals surface area contributed by atoms with E-state index in [2.05, 4.69) is 20.9 Å². The summed E-state index contributed by atoms with van der Waals surface area (Å²) in [4.78, 5) is 65.3. The maximum Gasteiger partial charge on any atom is 0.326 e. The molecule has 0 bridgehead atoms. The van der Waals surface area contributed by atoms with E-state index < -0.39 is 60.2 Å². The molecule has 0 saturated carbocycles. The summed E-state index contributed by atoms with van der Waals surface area (Å²) in [6.45, 7) is 0.164. The predicted octanol–water partition coefficient (Wildman–Crippen LogP) is -1.92. The first kappa shape index (κ1) is 34.0. The lowest BCUT2D eigenvalue weighted by Gasteiger charge is -2.25. The van der Waals surface area contributed by atoms with Crippen molar-refractivity contribution < 1.29 is 39.3 Å². The van der Waals surface area contributed by atoms with Gasteiger partial charge in [0.25, 0.3) is 0 Å². The van der Waals surface area contributed by atoms with Gasteiger partial charge in [0.1, 0.15) is 23.9 Å². The normalized spacial score (nSPS) is 13.7. The van der Waals surface area contributed by atoms with Crippen LogP contribution in [-0.4, -0.2) is 93.7 Å². The number of hydrogen-bond acceptors (Lipinski definition) is 9. The van der Waals surface area contributed by atoms with Gasteiger partial charge in [0.2, 0.25) is 17.7 Å². The fourth-order valence-corrected chi connectivity index (χ4v) is 3.92. The number of carboxylic acid groups (broad SMARTS) is 2. The van der Waals surface area contributed by atoms with Crippen molar-refractivity contribution in [2.45, 2.75) is 56.3 Å². The molecule has 40 heavy (non-hydrogen) atoms. The van der Waals surface area contributed by atoms with Gasteiger partial charge in [-0.1, -0.05) is 12.1 Å². The van der Waals surface area contributed by atoms with E-state index in [1.807, 2.05) is 0 Å². The van der Waals surface area contributed by atoms with Crippen LogP contribution in [0.3, 0.4) is 0 Å². The Labute approximate surface area is 235 Å². The Balaban J connectivity index is 3.08. The maximum absolute atomic E-state index is 13.3. The quantitative estimate of drug-likeness (QED) is 0.0520. The monoisotopic (exact) mass is 583 g/mol. The average molecular weight is 584 g/mol. The summed E-state index contributed by atoms with van der Waals surface area (Å²) in [5, 5.41) is 35.4. The second kappa shape index (κ2) is 17.5. The Kier molecular flexibility index (Phi) is 14.9. The number of aliphatic carboxylic acids is 2. The molecule has 0 fully saturated rings. The van der Waals surface area contributed by atoms with Crippen LogP contribution in [0, 0.1) is 0 Å². The van der Waals surface area contributed by atoms with Crippen molar-refractivity contribution in [3.8, 4) is 5.75 Å². The molecule has 12 N–H and O–H groups in total. The number of phenols is 1. The van der Waals surface area contributed by atoms with E-state index in [1.54, 1.807) is 6.26 Å². The number of nitrogens with one attached hydrogen (secondary N) is 3. The van der Waals surface area contributed by atoms with Crippen LogP contribution < -0.4 is 33.2 Å². The molecule has 0 saturated heterocycles. The van der Waals surface area contributed by atoms with Gasteiger partial charge in [-0.05, 0) is 49.0 Å². The van der Waals surface area contributed by atoms with E-state index in [0.717, 1.165) is 0 Å². The summed E-state index contributed by atoms with van der Waals surface area (Å²) >= 11 is 1.40. The molecule has 0 aliphatic rings. The summed E-state index contributed by atoms with van der Waals surface area (Å²) in [6, 6.07) is 0.706. The number of amides is 3. The van der Waals surface area contributed by atoms with Crippen LogP contribution in [0.1, 0.15) is 31.2 Å². The number of aromatic hydroxyl groups is 1.